The average Bonchev–Trinajstić information content (AvgIpc) is 2.46. The zero-order valence-corrected chi connectivity index (χ0v) is 14.6. The van der Waals surface area contributed by atoms with Crippen molar-refractivity contribution in [3.05, 3.63) is 23.8 Å². The first kappa shape index (κ1) is 19.4. The van der Waals surface area contributed by atoms with Crippen LogP contribution >= 0.6 is 0 Å². The fraction of sp³-hybridized carbons (Fsp3) is 0.533. The van der Waals surface area contributed by atoms with Crippen LogP contribution in [0.3, 0.4) is 0 Å². The number of methoxy groups -OCH3 is 1. The molecule has 1 rings (SSSR count). The van der Waals surface area contributed by atoms with Crippen molar-refractivity contribution in [1.29, 1.82) is 0 Å². The lowest BCUT2D eigenvalue weighted by Crippen LogP contribution is -2.32. The molecule has 0 bridgehead atoms. The van der Waals surface area contributed by atoms with E-state index in [0.29, 0.717) is 18.7 Å². The molecule has 0 spiro atoms. The van der Waals surface area contributed by atoms with Gasteiger partial charge in [0.1, 0.15) is 0 Å². The van der Waals surface area contributed by atoms with Gasteiger partial charge in [-0.05, 0) is 38.5 Å². The number of aromatic carboxylic acids is 1. The molecule has 2 atom stereocenters. The third-order valence-corrected chi connectivity index (χ3v) is 4.91. The minimum absolute atomic E-state index is 0.0693. The van der Waals surface area contributed by atoms with E-state index in [0.717, 1.165) is 6.07 Å². The van der Waals surface area contributed by atoms with Gasteiger partial charge in [0.25, 0.3) is 0 Å². The predicted octanol–water partition coefficient (Wildman–Crippen LogP) is 1.91. The van der Waals surface area contributed by atoms with E-state index in [1.54, 1.807) is 14.0 Å². The second-order valence-corrected chi connectivity index (χ2v) is 7.16. The standard InChI is InChI=1S/C15H24N2O5S/c1-5-10(2)17-23(20,21)12-6-7-14(13(8-12)15(18)19)16-11(3)9-22-4/h6-8,10-11,16-17H,5,9H2,1-4H3,(H,18,19)/t10-,11+/m1/s1. The van der Waals surface area contributed by atoms with Crippen LogP contribution in [0.25, 0.3) is 0 Å². The molecule has 0 aromatic heterocycles. The van der Waals surface area contributed by atoms with Crippen LogP contribution in [-0.4, -0.2) is 45.3 Å². The zero-order valence-electron chi connectivity index (χ0n) is 13.8. The maximum atomic E-state index is 12.3. The highest BCUT2D eigenvalue weighted by Gasteiger charge is 2.21. The van der Waals surface area contributed by atoms with Gasteiger partial charge in [0.2, 0.25) is 10.0 Å². The lowest BCUT2D eigenvalue weighted by atomic mass is 10.1. The monoisotopic (exact) mass is 344 g/mol. The van der Waals surface area contributed by atoms with Gasteiger partial charge in [-0.25, -0.2) is 17.9 Å². The van der Waals surface area contributed by atoms with E-state index in [9.17, 15) is 18.3 Å². The maximum Gasteiger partial charge on any atom is 0.337 e. The van der Waals surface area contributed by atoms with Gasteiger partial charge in [-0.1, -0.05) is 6.92 Å². The molecular formula is C15H24N2O5S. The van der Waals surface area contributed by atoms with Crippen molar-refractivity contribution in [2.24, 2.45) is 0 Å². The number of carboxylic acids is 1. The van der Waals surface area contributed by atoms with Crippen LogP contribution < -0.4 is 10.0 Å². The molecule has 0 radical (unpaired) electrons. The van der Waals surface area contributed by atoms with Crippen LogP contribution in [0.15, 0.2) is 23.1 Å². The van der Waals surface area contributed by atoms with Crippen molar-refractivity contribution in [2.45, 2.75) is 44.2 Å². The highest BCUT2D eigenvalue weighted by Crippen LogP contribution is 2.22. The number of hydrogen-bond acceptors (Lipinski definition) is 5. The second kappa shape index (κ2) is 8.28. The fourth-order valence-corrected chi connectivity index (χ4v) is 3.32. The fourth-order valence-electron chi connectivity index (χ4n) is 1.97. The molecule has 0 saturated heterocycles. The molecule has 130 valence electrons. The first-order valence-corrected chi connectivity index (χ1v) is 8.84. The topological polar surface area (TPSA) is 105 Å². The van der Waals surface area contributed by atoms with Crippen LogP contribution in [0.2, 0.25) is 0 Å². The lowest BCUT2D eigenvalue weighted by Gasteiger charge is -2.17. The Morgan fingerprint density at radius 1 is 1.30 bits per heavy atom. The minimum atomic E-state index is -3.75. The van der Waals surface area contributed by atoms with Gasteiger partial charge in [-0.15, -0.1) is 0 Å². The van der Waals surface area contributed by atoms with Gasteiger partial charge in [0.05, 0.1) is 17.1 Å². The minimum Gasteiger partial charge on any atom is -0.478 e. The number of benzene rings is 1. The molecule has 0 heterocycles. The van der Waals surface area contributed by atoms with E-state index in [4.69, 9.17) is 4.74 Å². The highest BCUT2D eigenvalue weighted by molar-refractivity contribution is 7.89. The predicted molar refractivity (Wildman–Crippen MR) is 88.4 cm³/mol. The van der Waals surface area contributed by atoms with Gasteiger partial charge < -0.3 is 15.2 Å². The molecule has 23 heavy (non-hydrogen) atoms. The van der Waals surface area contributed by atoms with Crippen molar-refractivity contribution in [2.75, 3.05) is 19.0 Å². The van der Waals surface area contributed by atoms with E-state index < -0.39 is 16.0 Å². The third-order valence-electron chi connectivity index (χ3n) is 3.32. The third kappa shape index (κ3) is 5.49. The molecule has 0 saturated carbocycles. The molecule has 0 aliphatic heterocycles. The number of carbonyl (C=O) groups is 1. The molecule has 3 N–H and O–H groups in total. The van der Waals surface area contributed by atoms with Crippen LogP contribution in [0.5, 0.6) is 0 Å². The Morgan fingerprint density at radius 2 is 1.96 bits per heavy atom. The van der Waals surface area contributed by atoms with Gasteiger partial charge >= 0.3 is 5.97 Å². The maximum absolute atomic E-state index is 12.3. The van der Waals surface area contributed by atoms with Gasteiger partial charge in [-0.2, -0.15) is 0 Å². The SMILES string of the molecule is CC[C@@H](C)NS(=O)(=O)c1ccc(N[C@@H](C)COC)c(C(=O)O)c1. The van der Waals surface area contributed by atoms with E-state index in [-0.39, 0.29) is 22.5 Å². The lowest BCUT2D eigenvalue weighted by molar-refractivity contribution is 0.0697. The summed E-state index contributed by atoms with van der Waals surface area (Å²) in [6.07, 6.45) is 0.638. The Balaban J connectivity index is 3.15. The Labute approximate surface area is 137 Å². The van der Waals surface area contributed by atoms with E-state index in [2.05, 4.69) is 10.0 Å². The van der Waals surface area contributed by atoms with Crippen molar-refractivity contribution >= 4 is 21.7 Å². The molecule has 1 aromatic rings. The molecule has 8 heteroatoms. The molecule has 0 aliphatic rings. The van der Waals surface area contributed by atoms with Crippen molar-refractivity contribution in [3.8, 4) is 0 Å². The van der Waals surface area contributed by atoms with Crippen LogP contribution in [-0.2, 0) is 14.8 Å². The number of anilines is 1. The van der Waals surface area contributed by atoms with Crippen LogP contribution in [0, 0.1) is 0 Å². The van der Waals surface area contributed by atoms with Gasteiger partial charge in [0.15, 0.2) is 0 Å². The molecule has 0 amide bonds. The number of carboxylic acid groups (broad SMARTS) is 1. The summed E-state index contributed by atoms with van der Waals surface area (Å²) in [5.41, 5.74) is 0.254. The Bertz CT molecular complexity index is 645. The van der Waals surface area contributed by atoms with Crippen LogP contribution in [0.1, 0.15) is 37.6 Å². The molecule has 0 aliphatic carbocycles. The summed E-state index contributed by atoms with van der Waals surface area (Å²) in [7, 11) is -2.20. The second-order valence-electron chi connectivity index (χ2n) is 5.44. The number of hydrogen-bond donors (Lipinski definition) is 3. The number of ether oxygens (including phenoxy) is 1. The first-order chi connectivity index (χ1) is 10.7. The summed E-state index contributed by atoms with van der Waals surface area (Å²) in [6.45, 7) is 5.84. The Hall–Kier alpha value is -1.64. The van der Waals surface area contributed by atoms with E-state index in [1.165, 1.54) is 12.1 Å². The highest BCUT2D eigenvalue weighted by atomic mass is 32.2. The quantitative estimate of drug-likeness (QED) is 0.632. The Morgan fingerprint density at radius 3 is 2.48 bits per heavy atom. The summed E-state index contributed by atoms with van der Waals surface area (Å²) in [4.78, 5) is 11.4. The summed E-state index contributed by atoms with van der Waals surface area (Å²) in [6, 6.07) is 3.67. The zero-order chi connectivity index (χ0) is 17.6. The van der Waals surface area contributed by atoms with Crippen molar-refractivity contribution in [1.82, 2.24) is 4.72 Å². The number of sulfonamides is 1. The Kier molecular flexibility index (Phi) is 6.99. The van der Waals surface area contributed by atoms with Crippen LogP contribution in [0.4, 0.5) is 5.69 Å². The normalized spacial score (nSPS) is 14.3. The van der Waals surface area contributed by atoms with Crippen molar-refractivity contribution < 1.29 is 23.1 Å². The average molecular weight is 344 g/mol. The molecular weight excluding hydrogens is 320 g/mol. The summed E-state index contributed by atoms with van der Waals surface area (Å²) in [5, 5.41) is 12.3. The first-order valence-electron chi connectivity index (χ1n) is 7.36. The number of nitrogens with one attached hydrogen (secondary N) is 2. The van der Waals surface area contributed by atoms with Crippen molar-refractivity contribution in [3.63, 3.8) is 0 Å². The van der Waals surface area contributed by atoms with E-state index in [1.807, 2.05) is 13.8 Å². The summed E-state index contributed by atoms with van der Waals surface area (Å²) < 4.78 is 32.0. The smallest absolute Gasteiger partial charge is 0.337 e. The largest absolute Gasteiger partial charge is 0.478 e. The summed E-state index contributed by atoms with van der Waals surface area (Å²) in [5.74, 6) is -1.20. The van der Waals surface area contributed by atoms with Gasteiger partial charge in [-0.3, -0.25) is 0 Å². The number of rotatable bonds is 9. The molecule has 0 fully saturated rings. The molecule has 7 nitrogen and oxygen atoms in total. The van der Waals surface area contributed by atoms with Gasteiger partial charge in [0, 0.05) is 24.9 Å². The summed E-state index contributed by atoms with van der Waals surface area (Å²) >= 11 is 0. The van der Waals surface area contributed by atoms with E-state index >= 15 is 0 Å². The molecule has 1 aromatic carbocycles. The molecule has 0 unspecified atom stereocenters.